The second-order valence-electron chi connectivity index (χ2n) is 4.65. The summed E-state index contributed by atoms with van der Waals surface area (Å²) in [7, 11) is 1.86. The molecule has 0 N–H and O–H groups in total. The van der Waals surface area contributed by atoms with Crippen LogP contribution in [-0.4, -0.2) is 35.8 Å². The van der Waals surface area contributed by atoms with E-state index in [0.717, 1.165) is 12.2 Å². The third-order valence-corrected chi connectivity index (χ3v) is 4.05. The maximum absolute atomic E-state index is 11.4. The van der Waals surface area contributed by atoms with Gasteiger partial charge in [-0.1, -0.05) is 6.92 Å². The van der Waals surface area contributed by atoms with Crippen LogP contribution in [0.1, 0.15) is 30.6 Å². The van der Waals surface area contributed by atoms with E-state index in [1.54, 1.807) is 23.9 Å². The van der Waals surface area contributed by atoms with Crippen LogP contribution >= 0.6 is 11.8 Å². The van der Waals surface area contributed by atoms with Crippen molar-refractivity contribution in [1.29, 1.82) is 0 Å². The minimum Gasteiger partial charge on any atom is -0.365 e. The van der Waals surface area contributed by atoms with Gasteiger partial charge < -0.3 is 4.90 Å². The van der Waals surface area contributed by atoms with Crippen molar-refractivity contribution in [3.63, 3.8) is 0 Å². The van der Waals surface area contributed by atoms with Crippen molar-refractivity contribution in [1.82, 2.24) is 0 Å². The second-order valence-corrected chi connectivity index (χ2v) is 5.56. The summed E-state index contributed by atoms with van der Waals surface area (Å²) in [6.07, 6.45) is 2.92. The molecule has 1 rings (SSSR count). The smallest absolute Gasteiger partial charge is 0.293 e. The van der Waals surface area contributed by atoms with Crippen LogP contribution in [0, 0.1) is 10.1 Å². The molecule has 0 spiro atoms. The molecule has 1 aromatic carbocycles. The van der Waals surface area contributed by atoms with Gasteiger partial charge in [-0.15, -0.1) is 0 Å². The maximum Gasteiger partial charge on any atom is 0.293 e. The Labute approximate surface area is 123 Å². The van der Waals surface area contributed by atoms with Gasteiger partial charge in [0.2, 0.25) is 0 Å². The molecule has 0 aliphatic rings. The lowest BCUT2D eigenvalue weighted by Crippen LogP contribution is -2.33. The van der Waals surface area contributed by atoms with Crippen molar-refractivity contribution in [2.45, 2.75) is 26.3 Å². The van der Waals surface area contributed by atoms with E-state index < -0.39 is 4.92 Å². The fourth-order valence-electron chi connectivity index (χ4n) is 2.08. The summed E-state index contributed by atoms with van der Waals surface area (Å²) in [5, 5.41) is 11.2. The van der Waals surface area contributed by atoms with Gasteiger partial charge in [-0.2, -0.15) is 11.8 Å². The molecule has 0 bridgehead atoms. The second kappa shape index (κ2) is 7.28. The number of nitro groups is 1. The fraction of sp³-hybridized carbons (Fsp3) is 0.500. The number of hydrogen-bond acceptors (Lipinski definition) is 5. The lowest BCUT2D eigenvalue weighted by atomic mass is 10.1. The molecule has 1 atom stereocenters. The number of thioether (sulfide) groups is 1. The Hall–Kier alpha value is -1.56. The number of carbonyl (C=O) groups excluding carboxylic acids is 1. The Balaban J connectivity index is 3.22. The standard InChI is InChI=1S/C14H20N2O3S/c1-5-12(9-20-4)15(3)13-7-6-11(10(2)17)8-14(13)16(18)19/h6-8,12H,5,9H2,1-4H3. The first-order chi connectivity index (χ1) is 9.42. The zero-order valence-electron chi connectivity index (χ0n) is 12.3. The number of anilines is 1. The van der Waals surface area contributed by atoms with Crippen molar-refractivity contribution in [3.8, 4) is 0 Å². The Morgan fingerprint density at radius 3 is 2.60 bits per heavy atom. The van der Waals surface area contributed by atoms with Gasteiger partial charge >= 0.3 is 0 Å². The first-order valence-corrected chi connectivity index (χ1v) is 7.82. The first-order valence-electron chi connectivity index (χ1n) is 6.43. The van der Waals surface area contributed by atoms with Crippen LogP contribution < -0.4 is 4.90 Å². The summed E-state index contributed by atoms with van der Waals surface area (Å²) in [4.78, 5) is 24.1. The summed E-state index contributed by atoms with van der Waals surface area (Å²) in [6.45, 7) is 3.47. The minimum absolute atomic E-state index is 0.0141. The van der Waals surface area contributed by atoms with Gasteiger partial charge in [-0.25, -0.2) is 0 Å². The van der Waals surface area contributed by atoms with Gasteiger partial charge in [0.25, 0.3) is 5.69 Å². The van der Waals surface area contributed by atoms with E-state index in [4.69, 9.17) is 0 Å². The zero-order chi connectivity index (χ0) is 15.3. The molecular weight excluding hydrogens is 276 g/mol. The minimum atomic E-state index is -0.427. The van der Waals surface area contributed by atoms with Crippen LogP contribution in [0.2, 0.25) is 0 Å². The molecule has 5 nitrogen and oxygen atoms in total. The van der Waals surface area contributed by atoms with Gasteiger partial charge in [0.15, 0.2) is 5.78 Å². The summed E-state index contributed by atoms with van der Waals surface area (Å²) >= 11 is 1.71. The number of benzene rings is 1. The van der Waals surface area contributed by atoms with Crippen molar-refractivity contribution in [2.75, 3.05) is 24.0 Å². The summed E-state index contributed by atoms with van der Waals surface area (Å²) in [6, 6.07) is 4.90. The Kier molecular flexibility index (Phi) is 6.01. The lowest BCUT2D eigenvalue weighted by Gasteiger charge is -2.28. The van der Waals surface area contributed by atoms with Gasteiger partial charge in [-0.05, 0) is 31.7 Å². The topological polar surface area (TPSA) is 63.5 Å². The maximum atomic E-state index is 11.4. The molecule has 1 unspecified atom stereocenters. The molecule has 6 heteroatoms. The predicted octanol–water partition coefficient (Wildman–Crippen LogP) is 3.38. The van der Waals surface area contributed by atoms with Crippen molar-refractivity contribution in [3.05, 3.63) is 33.9 Å². The third-order valence-electron chi connectivity index (χ3n) is 3.34. The molecule has 0 amide bonds. The predicted molar refractivity (Wildman–Crippen MR) is 84.0 cm³/mol. The van der Waals surface area contributed by atoms with E-state index in [9.17, 15) is 14.9 Å². The first kappa shape index (κ1) is 16.5. The summed E-state index contributed by atoms with van der Waals surface area (Å²) < 4.78 is 0. The van der Waals surface area contributed by atoms with Crippen LogP contribution in [0.4, 0.5) is 11.4 Å². The van der Waals surface area contributed by atoms with Crippen LogP contribution in [0.25, 0.3) is 0 Å². The van der Waals surface area contributed by atoms with Gasteiger partial charge in [0.1, 0.15) is 5.69 Å². The Morgan fingerprint density at radius 1 is 1.50 bits per heavy atom. The van der Waals surface area contributed by atoms with Crippen molar-refractivity contribution < 1.29 is 9.72 Å². The normalized spacial score (nSPS) is 12.0. The molecule has 20 heavy (non-hydrogen) atoms. The SMILES string of the molecule is CCC(CSC)N(C)c1ccc(C(C)=O)cc1[N+](=O)[O-]. The number of hydrogen-bond donors (Lipinski definition) is 0. The molecule has 0 radical (unpaired) electrons. The molecule has 110 valence electrons. The number of rotatable bonds is 7. The van der Waals surface area contributed by atoms with E-state index in [1.165, 1.54) is 13.0 Å². The highest BCUT2D eigenvalue weighted by Crippen LogP contribution is 2.31. The van der Waals surface area contributed by atoms with E-state index >= 15 is 0 Å². The van der Waals surface area contributed by atoms with Gasteiger partial charge in [-0.3, -0.25) is 14.9 Å². The molecule has 0 aliphatic carbocycles. The summed E-state index contributed by atoms with van der Waals surface area (Å²) in [5.41, 5.74) is 0.910. The third kappa shape index (κ3) is 3.72. The Bertz CT molecular complexity index is 505. The van der Waals surface area contributed by atoms with E-state index in [0.29, 0.717) is 11.3 Å². The molecule has 0 heterocycles. The molecule has 0 fully saturated rings. The molecule has 0 saturated heterocycles. The van der Waals surface area contributed by atoms with Gasteiger partial charge in [0.05, 0.1) is 4.92 Å². The molecular formula is C14H20N2O3S. The van der Waals surface area contributed by atoms with E-state index in [1.807, 2.05) is 18.2 Å². The average Bonchev–Trinajstić information content (AvgIpc) is 2.43. The van der Waals surface area contributed by atoms with Crippen LogP contribution in [0.3, 0.4) is 0 Å². The number of Topliss-reactive ketones (excluding diaryl/α,β-unsaturated/α-hetero) is 1. The summed E-state index contributed by atoms with van der Waals surface area (Å²) in [5.74, 6) is 0.733. The highest BCUT2D eigenvalue weighted by molar-refractivity contribution is 7.98. The number of ketones is 1. The molecule has 0 aromatic heterocycles. The number of nitro benzene ring substituents is 1. The van der Waals surface area contributed by atoms with Gasteiger partial charge in [0, 0.05) is 30.5 Å². The number of carbonyl (C=O) groups is 1. The largest absolute Gasteiger partial charge is 0.365 e. The highest BCUT2D eigenvalue weighted by Gasteiger charge is 2.22. The highest BCUT2D eigenvalue weighted by atomic mass is 32.2. The molecule has 1 aromatic rings. The quantitative estimate of drug-likeness (QED) is 0.438. The number of nitrogens with zero attached hydrogens (tertiary/aromatic N) is 2. The Morgan fingerprint density at radius 2 is 2.15 bits per heavy atom. The van der Waals surface area contributed by atoms with Crippen LogP contribution in [0.5, 0.6) is 0 Å². The van der Waals surface area contributed by atoms with Crippen LogP contribution in [0.15, 0.2) is 18.2 Å². The van der Waals surface area contributed by atoms with E-state index in [2.05, 4.69) is 6.92 Å². The van der Waals surface area contributed by atoms with E-state index in [-0.39, 0.29) is 17.5 Å². The van der Waals surface area contributed by atoms with Crippen molar-refractivity contribution >= 4 is 28.9 Å². The van der Waals surface area contributed by atoms with Crippen LogP contribution in [-0.2, 0) is 0 Å². The monoisotopic (exact) mass is 296 g/mol. The lowest BCUT2D eigenvalue weighted by molar-refractivity contribution is -0.384. The van der Waals surface area contributed by atoms with Crippen molar-refractivity contribution in [2.24, 2.45) is 0 Å². The average molecular weight is 296 g/mol. The zero-order valence-corrected chi connectivity index (χ0v) is 13.1. The fourth-order valence-corrected chi connectivity index (χ4v) is 2.92. The molecule has 0 saturated carbocycles. The molecule has 0 aliphatic heterocycles.